The molecule has 0 saturated heterocycles. The van der Waals surface area contributed by atoms with Crippen LogP contribution in [0.3, 0.4) is 0 Å². The van der Waals surface area contributed by atoms with Crippen molar-refractivity contribution in [1.29, 1.82) is 0 Å². The molecular weight excluding hydrogens is 238 g/mol. The van der Waals surface area contributed by atoms with Crippen molar-refractivity contribution in [1.82, 2.24) is 25.2 Å². The molecule has 8 heteroatoms. The van der Waals surface area contributed by atoms with Gasteiger partial charge in [-0.05, 0) is 16.8 Å². The van der Waals surface area contributed by atoms with Crippen LogP contribution < -0.4 is 5.43 Å². The fourth-order valence-electron chi connectivity index (χ4n) is 1.52. The molecule has 0 saturated carbocycles. The van der Waals surface area contributed by atoms with Crippen LogP contribution in [0.5, 0.6) is 0 Å². The third-order valence-electron chi connectivity index (χ3n) is 2.36. The molecular formula is C10H11N5O3. The maximum Gasteiger partial charge on any atom is 0.303 e. The zero-order valence-corrected chi connectivity index (χ0v) is 9.41. The van der Waals surface area contributed by atoms with Gasteiger partial charge in [0.2, 0.25) is 0 Å². The van der Waals surface area contributed by atoms with Crippen LogP contribution in [-0.2, 0) is 11.3 Å². The summed E-state index contributed by atoms with van der Waals surface area (Å²) in [6.07, 6.45) is 3.47. The van der Waals surface area contributed by atoms with Gasteiger partial charge in [0.15, 0.2) is 11.3 Å². The second-order valence-electron chi connectivity index (χ2n) is 3.65. The van der Waals surface area contributed by atoms with Gasteiger partial charge in [-0.25, -0.2) is 4.68 Å². The summed E-state index contributed by atoms with van der Waals surface area (Å²) in [5.41, 5.74) is 0.167. The smallest absolute Gasteiger partial charge is 0.303 e. The molecule has 0 amide bonds. The Kier molecular flexibility index (Phi) is 3.46. The highest BCUT2D eigenvalue weighted by atomic mass is 16.4. The van der Waals surface area contributed by atoms with E-state index in [0.717, 1.165) is 0 Å². The summed E-state index contributed by atoms with van der Waals surface area (Å²) in [4.78, 5) is 24.8. The molecule has 0 aliphatic rings. The van der Waals surface area contributed by atoms with E-state index in [4.69, 9.17) is 5.11 Å². The van der Waals surface area contributed by atoms with Crippen LogP contribution in [0.4, 0.5) is 0 Å². The van der Waals surface area contributed by atoms with Gasteiger partial charge in [-0.3, -0.25) is 9.59 Å². The van der Waals surface area contributed by atoms with E-state index in [1.54, 1.807) is 0 Å². The molecule has 0 aromatic carbocycles. The minimum absolute atomic E-state index is 0.0322. The van der Waals surface area contributed by atoms with Crippen LogP contribution in [0.1, 0.15) is 12.8 Å². The lowest BCUT2D eigenvalue weighted by Crippen LogP contribution is -2.10. The van der Waals surface area contributed by atoms with Crippen LogP contribution in [0.15, 0.2) is 23.3 Å². The molecule has 2 rings (SSSR count). The minimum atomic E-state index is -0.873. The van der Waals surface area contributed by atoms with E-state index in [1.165, 1.54) is 23.1 Å². The Morgan fingerprint density at radius 1 is 1.50 bits per heavy atom. The zero-order valence-electron chi connectivity index (χ0n) is 9.41. The number of aromatic amines is 1. The van der Waals surface area contributed by atoms with Crippen LogP contribution >= 0.6 is 0 Å². The lowest BCUT2D eigenvalue weighted by atomic mass is 10.2. The van der Waals surface area contributed by atoms with E-state index in [9.17, 15) is 9.59 Å². The van der Waals surface area contributed by atoms with Crippen molar-refractivity contribution in [2.75, 3.05) is 0 Å². The monoisotopic (exact) mass is 249 g/mol. The average molecular weight is 249 g/mol. The first-order chi connectivity index (χ1) is 8.68. The first kappa shape index (κ1) is 12.0. The number of tetrazole rings is 1. The maximum absolute atomic E-state index is 11.6. The summed E-state index contributed by atoms with van der Waals surface area (Å²) in [5, 5.41) is 19.6. The Bertz CT molecular complexity index is 603. The Labute approximate surface area is 101 Å². The number of hydrogen-bond donors (Lipinski definition) is 2. The van der Waals surface area contributed by atoms with Crippen LogP contribution in [0, 0.1) is 0 Å². The number of aromatic nitrogens is 5. The van der Waals surface area contributed by atoms with Gasteiger partial charge in [-0.1, -0.05) is 0 Å². The van der Waals surface area contributed by atoms with E-state index in [2.05, 4.69) is 20.5 Å². The summed E-state index contributed by atoms with van der Waals surface area (Å²) < 4.78 is 1.42. The first-order valence-electron chi connectivity index (χ1n) is 5.34. The molecule has 2 heterocycles. The Balaban J connectivity index is 2.20. The summed E-state index contributed by atoms with van der Waals surface area (Å²) in [6, 6.07) is 1.38. The molecule has 18 heavy (non-hydrogen) atoms. The Morgan fingerprint density at radius 2 is 2.33 bits per heavy atom. The standard InChI is InChI=1S/C10H11N5O3/c16-8-3-4-11-6-7(8)10-12-13-14-15(10)5-1-2-9(17)18/h3-4,6H,1-2,5H2,(H,11,16)(H,17,18). The van der Waals surface area contributed by atoms with Crippen molar-refractivity contribution in [3.8, 4) is 11.4 Å². The van der Waals surface area contributed by atoms with E-state index >= 15 is 0 Å². The molecule has 2 aromatic rings. The number of rotatable bonds is 5. The quantitative estimate of drug-likeness (QED) is 0.764. The van der Waals surface area contributed by atoms with Gasteiger partial charge >= 0.3 is 5.97 Å². The number of pyridine rings is 1. The second kappa shape index (κ2) is 5.21. The van der Waals surface area contributed by atoms with Gasteiger partial charge in [0.05, 0.1) is 5.56 Å². The molecule has 0 radical (unpaired) electrons. The molecule has 0 bridgehead atoms. The number of aryl methyl sites for hydroxylation is 1. The van der Waals surface area contributed by atoms with Crippen LogP contribution in [-0.4, -0.2) is 36.3 Å². The molecule has 94 valence electrons. The van der Waals surface area contributed by atoms with Gasteiger partial charge in [0.25, 0.3) is 0 Å². The molecule has 2 N–H and O–H groups in total. The van der Waals surface area contributed by atoms with Crippen LogP contribution in [0.25, 0.3) is 11.4 Å². The molecule has 0 fully saturated rings. The van der Waals surface area contributed by atoms with E-state index in [0.29, 0.717) is 24.4 Å². The predicted octanol–water partition coefficient (Wildman–Crippen LogP) is -0.107. The van der Waals surface area contributed by atoms with Crippen LogP contribution in [0.2, 0.25) is 0 Å². The third kappa shape index (κ3) is 2.59. The molecule has 0 atom stereocenters. The van der Waals surface area contributed by atoms with Gasteiger partial charge < -0.3 is 10.1 Å². The largest absolute Gasteiger partial charge is 0.481 e. The number of carbonyl (C=O) groups is 1. The van der Waals surface area contributed by atoms with Crippen molar-refractivity contribution in [2.24, 2.45) is 0 Å². The molecule has 2 aromatic heterocycles. The molecule has 0 aliphatic heterocycles. The van der Waals surface area contributed by atoms with Gasteiger partial charge in [0, 0.05) is 31.4 Å². The fourth-order valence-corrected chi connectivity index (χ4v) is 1.52. The van der Waals surface area contributed by atoms with Crippen molar-refractivity contribution in [3.05, 3.63) is 28.7 Å². The zero-order chi connectivity index (χ0) is 13.0. The number of hydrogen-bond acceptors (Lipinski definition) is 5. The lowest BCUT2D eigenvalue weighted by molar-refractivity contribution is -0.137. The SMILES string of the molecule is O=C(O)CCCn1nnnc1-c1c[nH]ccc1=O. The van der Waals surface area contributed by atoms with Gasteiger partial charge in [-0.2, -0.15) is 0 Å². The number of nitrogens with one attached hydrogen (secondary N) is 1. The maximum atomic E-state index is 11.6. The van der Waals surface area contributed by atoms with Crippen molar-refractivity contribution >= 4 is 5.97 Å². The average Bonchev–Trinajstić information content (AvgIpc) is 2.77. The van der Waals surface area contributed by atoms with E-state index in [1.807, 2.05) is 0 Å². The summed E-state index contributed by atoms with van der Waals surface area (Å²) in [7, 11) is 0. The lowest BCUT2D eigenvalue weighted by Gasteiger charge is -2.02. The molecule has 0 unspecified atom stereocenters. The van der Waals surface area contributed by atoms with Gasteiger partial charge in [-0.15, -0.1) is 5.10 Å². The van der Waals surface area contributed by atoms with E-state index < -0.39 is 5.97 Å². The summed E-state index contributed by atoms with van der Waals surface area (Å²) in [6.45, 7) is 0.350. The van der Waals surface area contributed by atoms with Crippen molar-refractivity contribution in [2.45, 2.75) is 19.4 Å². The molecule has 0 spiro atoms. The highest BCUT2D eigenvalue weighted by Gasteiger charge is 2.11. The topological polar surface area (TPSA) is 114 Å². The molecule has 0 aliphatic carbocycles. The number of carboxylic acid groups (broad SMARTS) is 1. The fraction of sp³-hybridized carbons (Fsp3) is 0.300. The number of carboxylic acids is 1. The Hall–Kier alpha value is -2.51. The Morgan fingerprint density at radius 3 is 3.06 bits per heavy atom. The molecule has 8 nitrogen and oxygen atoms in total. The highest BCUT2D eigenvalue weighted by Crippen LogP contribution is 2.09. The second-order valence-corrected chi connectivity index (χ2v) is 3.65. The minimum Gasteiger partial charge on any atom is -0.481 e. The highest BCUT2D eigenvalue weighted by molar-refractivity contribution is 5.66. The normalized spacial score (nSPS) is 10.4. The van der Waals surface area contributed by atoms with Gasteiger partial charge in [0.1, 0.15) is 0 Å². The summed E-state index contributed by atoms with van der Waals surface area (Å²) >= 11 is 0. The first-order valence-corrected chi connectivity index (χ1v) is 5.34. The summed E-state index contributed by atoms with van der Waals surface area (Å²) in [5.74, 6) is -0.538. The van der Waals surface area contributed by atoms with Crippen molar-refractivity contribution in [3.63, 3.8) is 0 Å². The number of nitrogens with zero attached hydrogens (tertiary/aromatic N) is 4. The third-order valence-corrected chi connectivity index (χ3v) is 2.36. The van der Waals surface area contributed by atoms with Crippen molar-refractivity contribution < 1.29 is 9.90 Å². The number of aliphatic carboxylic acids is 1. The predicted molar refractivity (Wildman–Crippen MR) is 60.7 cm³/mol. The number of H-pyrrole nitrogens is 1. The van der Waals surface area contributed by atoms with E-state index in [-0.39, 0.29) is 11.8 Å².